The molecular formula is C14H24ClN5. The summed E-state index contributed by atoms with van der Waals surface area (Å²) in [5.74, 6) is 1.67. The molecule has 0 aliphatic heterocycles. The van der Waals surface area contributed by atoms with Crippen LogP contribution in [0.15, 0.2) is 18.3 Å². The van der Waals surface area contributed by atoms with Crippen LogP contribution in [-0.4, -0.2) is 19.6 Å². The van der Waals surface area contributed by atoms with Crippen LogP contribution in [0.4, 0.5) is 5.82 Å². The number of nitrogens with zero attached hydrogens (tertiary/aromatic N) is 4. The van der Waals surface area contributed by atoms with Gasteiger partial charge in [-0.05, 0) is 25.8 Å². The Balaban J connectivity index is 0.00000200. The fourth-order valence-electron chi connectivity index (χ4n) is 2.13. The maximum atomic E-state index is 4.43. The smallest absolute Gasteiger partial charge is 0.124 e. The second-order valence-electron chi connectivity index (χ2n) is 5.24. The molecule has 20 heavy (non-hydrogen) atoms. The van der Waals surface area contributed by atoms with Crippen LogP contribution in [-0.2, 0) is 19.6 Å². The monoisotopic (exact) mass is 297 g/mol. The highest BCUT2D eigenvalue weighted by Crippen LogP contribution is 2.12. The molecule has 2 aromatic rings. The molecule has 0 aliphatic rings. The third kappa shape index (κ3) is 4.00. The Bertz CT molecular complexity index is 529. The summed E-state index contributed by atoms with van der Waals surface area (Å²) in [5.41, 5.74) is 2.25. The number of aryl methyl sites for hydroxylation is 2. The van der Waals surface area contributed by atoms with E-state index in [1.165, 1.54) is 5.69 Å². The summed E-state index contributed by atoms with van der Waals surface area (Å²) in [6.07, 6.45) is 1.86. The minimum absolute atomic E-state index is 0. The van der Waals surface area contributed by atoms with Crippen LogP contribution >= 0.6 is 12.4 Å². The van der Waals surface area contributed by atoms with Gasteiger partial charge in [0, 0.05) is 25.4 Å². The minimum atomic E-state index is 0. The highest BCUT2D eigenvalue weighted by atomic mass is 35.5. The average molecular weight is 298 g/mol. The lowest BCUT2D eigenvalue weighted by Crippen LogP contribution is -2.13. The number of aromatic nitrogens is 4. The summed E-state index contributed by atoms with van der Waals surface area (Å²) in [4.78, 5) is 0. The van der Waals surface area contributed by atoms with Crippen molar-refractivity contribution in [3.63, 3.8) is 0 Å². The van der Waals surface area contributed by atoms with Gasteiger partial charge in [-0.2, -0.15) is 10.2 Å². The molecule has 2 heterocycles. The van der Waals surface area contributed by atoms with Crippen LogP contribution in [0.5, 0.6) is 0 Å². The normalized spacial score (nSPS) is 10.7. The van der Waals surface area contributed by atoms with Crippen molar-refractivity contribution in [2.75, 3.05) is 5.32 Å². The predicted molar refractivity (Wildman–Crippen MR) is 84.3 cm³/mol. The van der Waals surface area contributed by atoms with Gasteiger partial charge in [-0.1, -0.05) is 13.8 Å². The summed E-state index contributed by atoms with van der Waals surface area (Å²) < 4.78 is 4.05. The molecule has 0 unspecified atom stereocenters. The lowest BCUT2D eigenvalue weighted by Gasteiger charge is -2.12. The lowest BCUT2D eigenvalue weighted by molar-refractivity contribution is 0.470. The minimum Gasteiger partial charge on any atom is -0.365 e. The maximum absolute atomic E-state index is 4.43. The average Bonchev–Trinajstić information content (AvgIpc) is 2.92. The van der Waals surface area contributed by atoms with E-state index in [2.05, 4.69) is 53.1 Å². The standard InChI is InChI=1S/C14H23N5.ClH/c1-5-18-14(8-12(4)17-18)15-9-13-6-7-16-19(13)10-11(2)3;/h6-8,11,15H,5,9-10H2,1-4H3;1H. The largest absolute Gasteiger partial charge is 0.365 e. The van der Waals surface area contributed by atoms with Crippen molar-refractivity contribution in [3.05, 3.63) is 29.7 Å². The molecule has 2 aromatic heterocycles. The van der Waals surface area contributed by atoms with Crippen molar-refractivity contribution in [1.29, 1.82) is 0 Å². The highest BCUT2D eigenvalue weighted by molar-refractivity contribution is 5.85. The Morgan fingerprint density at radius 3 is 2.70 bits per heavy atom. The lowest BCUT2D eigenvalue weighted by atomic mass is 10.2. The van der Waals surface area contributed by atoms with E-state index in [1.54, 1.807) is 0 Å². The summed E-state index contributed by atoms with van der Waals surface area (Å²) in [6, 6.07) is 4.14. The second-order valence-corrected chi connectivity index (χ2v) is 5.24. The Labute approximate surface area is 126 Å². The first-order valence-corrected chi connectivity index (χ1v) is 6.89. The molecule has 0 radical (unpaired) electrons. The van der Waals surface area contributed by atoms with E-state index in [9.17, 15) is 0 Å². The van der Waals surface area contributed by atoms with E-state index in [-0.39, 0.29) is 12.4 Å². The van der Waals surface area contributed by atoms with Gasteiger partial charge in [0.1, 0.15) is 5.82 Å². The molecule has 0 atom stereocenters. The Kier molecular flexibility index (Phi) is 6.07. The van der Waals surface area contributed by atoms with Gasteiger partial charge in [0.25, 0.3) is 0 Å². The van der Waals surface area contributed by atoms with E-state index in [0.717, 1.165) is 31.1 Å². The molecule has 112 valence electrons. The van der Waals surface area contributed by atoms with Gasteiger partial charge >= 0.3 is 0 Å². The first-order valence-electron chi connectivity index (χ1n) is 6.89. The van der Waals surface area contributed by atoms with E-state index in [0.29, 0.717) is 5.92 Å². The van der Waals surface area contributed by atoms with Gasteiger partial charge in [0.15, 0.2) is 0 Å². The van der Waals surface area contributed by atoms with Crippen LogP contribution in [0.1, 0.15) is 32.2 Å². The van der Waals surface area contributed by atoms with E-state index < -0.39 is 0 Å². The van der Waals surface area contributed by atoms with E-state index >= 15 is 0 Å². The Morgan fingerprint density at radius 2 is 2.05 bits per heavy atom. The third-order valence-electron chi connectivity index (χ3n) is 2.99. The molecule has 5 nitrogen and oxygen atoms in total. The zero-order valence-corrected chi connectivity index (χ0v) is 13.4. The molecule has 0 aliphatic carbocycles. The molecule has 0 aromatic carbocycles. The molecule has 0 amide bonds. The Morgan fingerprint density at radius 1 is 1.30 bits per heavy atom. The highest BCUT2D eigenvalue weighted by Gasteiger charge is 2.07. The molecule has 0 saturated carbocycles. The summed E-state index contributed by atoms with van der Waals surface area (Å²) in [7, 11) is 0. The van der Waals surface area contributed by atoms with Gasteiger partial charge in [-0.3, -0.25) is 4.68 Å². The van der Waals surface area contributed by atoms with Crippen LogP contribution in [0.25, 0.3) is 0 Å². The van der Waals surface area contributed by atoms with Crippen molar-refractivity contribution in [2.24, 2.45) is 5.92 Å². The van der Waals surface area contributed by atoms with Crippen molar-refractivity contribution in [2.45, 2.75) is 47.3 Å². The summed E-state index contributed by atoms with van der Waals surface area (Å²) >= 11 is 0. The SMILES string of the molecule is CCn1nc(C)cc1NCc1ccnn1CC(C)C.Cl. The third-order valence-corrected chi connectivity index (χ3v) is 2.99. The topological polar surface area (TPSA) is 47.7 Å². The number of hydrogen-bond donors (Lipinski definition) is 1. The van der Waals surface area contributed by atoms with Gasteiger partial charge in [-0.25, -0.2) is 4.68 Å². The number of anilines is 1. The van der Waals surface area contributed by atoms with Crippen LogP contribution in [0, 0.1) is 12.8 Å². The molecule has 6 heteroatoms. The zero-order chi connectivity index (χ0) is 13.8. The fraction of sp³-hybridized carbons (Fsp3) is 0.571. The number of halogens is 1. The molecule has 0 bridgehead atoms. The van der Waals surface area contributed by atoms with Crippen molar-refractivity contribution in [1.82, 2.24) is 19.6 Å². The molecule has 0 spiro atoms. The summed E-state index contributed by atoms with van der Waals surface area (Å²) in [6.45, 7) is 11.1. The van der Waals surface area contributed by atoms with Crippen LogP contribution < -0.4 is 5.32 Å². The van der Waals surface area contributed by atoms with Gasteiger partial charge in [-0.15, -0.1) is 12.4 Å². The van der Waals surface area contributed by atoms with Gasteiger partial charge in [0.2, 0.25) is 0 Å². The first kappa shape index (κ1) is 16.6. The molecule has 0 saturated heterocycles. The first-order chi connectivity index (χ1) is 9.10. The molecule has 1 N–H and O–H groups in total. The molecule has 2 rings (SSSR count). The zero-order valence-electron chi connectivity index (χ0n) is 12.6. The van der Waals surface area contributed by atoms with Crippen LogP contribution in [0.3, 0.4) is 0 Å². The number of hydrogen-bond acceptors (Lipinski definition) is 3. The van der Waals surface area contributed by atoms with Gasteiger partial charge < -0.3 is 5.32 Å². The Hall–Kier alpha value is -1.49. The maximum Gasteiger partial charge on any atom is 0.124 e. The van der Waals surface area contributed by atoms with E-state index in [1.807, 2.05) is 17.8 Å². The molecule has 0 fully saturated rings. The van der Waals surface area contributed by atoms with Crippen molar-refractivity contribution < 1.29 is 0 Å². The molecular weight excluding hydrogens is 274 g/mol. The fourth-order valence-corrected chi connectivity index (χ4v) is 2.13. The van der Waals surface area contributed by atoms with E-state index in [4.69, 9.17) is 0 Å². The predicted octanol–water partition coefficient (Wildman–Crippen LogP) is 3.10. The quantitative estimate of drug-likeness (QED) is 0.891. The van der Waals surface area contributed by atoms with Crippen LogP contribution in [0.2, 0.25) is 0 Å². The number of rotatable bonds is 6. The van der Waals surface area contributed by atoms with Gasteiger partial charge in [0.05, 0.1) is 17.9 Å². The number of nitrogens with one attached hydrogen (secondary N) is 1. The summed E-state index contributed by atoms with van der Waals surface area (Å²) in [5, 5.41) is 12.2. The second kappa shape index (κ2) is 7.33. The van der Waals surface area contributed by atoms with Crippen molar-refractivity contribution >= 4 is 18.2 Å². The van der Waals surface area contributed by atoms with Crippen molar-refractivity contribution in [3.8, 4) is 0 Å².